The topological polar surface area (TPSA) is 46.3 Å². The summed E-state index contributed by atoms with van der Waals surface area (Å²) in [4.78, 5) is 19.7. The Hall–Kier alpha value is -2.10. The van der Waals surface area contributed by atoms with E-state index < -0.39 is 0 Å². The predicted molar refractivity (Wildman–Crippen MR) is 92.5 cm³/mol. The summed E-state index contributed by atoms with van der Waals surface area (Å²) in [5, 5.41) is 0. The molecule has 0 saturated heterocycles. The van der Waals surface area contributed by atoms with Crippen molar-refractivity contribution in [1.29, 1.82) is 0 Å². The Morgan fingerprint density at radius 2 is 1.79 bits per heavy atom. The van der Waals surface area contributed by atoms with Crippen LogP contribution in [0.25, 0.3) is 11.5 Å². The van der Waals surface area contributed by atoms with Gasteiger partial charge in [0.1, 0.15) is 5.76 Å². The smallest absolute Gasteiger partial charge is 0.229 e. The number of oxazole rings is 1. The highest BCUT2D eigenvalue weighted by Crippen LogP contribution is 2.35. The molecule has 0 spiro atoms. The standard InChI is InChI=1S/C20H24N2O2/c1-14-18(21-20(24-14)15-7-3-2-4-8-15)13-19(23)22(17-11-12-17)16-9-5-6-10-16/h2-4,7-8,16-17H,5-6,9-13H2,1H3. The maximum Gasteiger partial charge on any atom is 0.229 e. The van der Waals surface area contributed by atoms with E-state index in [-0.39, 0.29) is 5.91 Å². The zero-order valence-corrected chi connectivity index (χ0v) is 14.2. The second kappa shape index (κ2) is 6.42. The van der Waals surface area contributed by atoms with Gasteiger partial charge in [-0.05, 0) is 44.7 Å². The average Bonchev–Trinajstić information content (AvgIpc) is 3.13. The molecule has 0 aliphatic heterocycles. The first-order chi connectivity index (χ1) is 11.7. The molecular weight excluding hydrogens is 300 g/mol. The van der Waals surface area contributed by atoms with Gasteiger partial charge in [0.25, 0.3) is 0 Å². The number of benzene rings is 1. The first kappa shape index (κ1) is 15.4. The van der Waals surface area contributed by atoms with Gasteiger partial charge in [-0.3, -0.25) is 4.79 Å². The first-order valence-electron chi connectivity index (χ1n) is 9.05. The van der Waals surface area contributed by atoms with Gasteiger partial charge in [0, 0.05) is 17.6 Å². The minimum absolute atomic E-state index is 0.223. The van der Waals surface area contributed by atoms with Gasteiger partial charge in [-0.1, -0.05) is 31.0 Å². The number of hydrogen-bond donors (Lipinski definition) is 0. The molecule has 0 atom stereocenters. The van der Waals surface area contributed by atoms with E-state index in [4.69, 9.17) is 4.42 Å². The Bertz CT molecular complexity index is 712. The van der Waals surface area contributed by atoms with Crippen molar-refractivity contribution in [3.8, 4) is 11.5 Å². The van der Waals surface area contributed by atoms with Crippen LogP contribution in [0.3, 0.4) is 0 Å². The second-order valence-corrected chi connectivity index (χ2v) is 7.04. The van der Waals surface area contributed by atoms with Gasteiger partial charge in [0.05, 0.1) is 12.1 Å². The Balaban J connectivity index is 1.52. The Morgan fingerprint density at radius 1 is 1.12 bits per heavy atom. The number of aryl methyl sites for hydroxylation is 1. The van der Waals surface area contributed by atoms with E-state index in [0.29, 0.717) is 24.4 Å². The van der Waals surface area contributed by atoms with Crippen LogP contribution in [0.15, 0.2) is 34.7 Å². The molecule has 1 heterocycles. The number of carbonyl (C=O) groups excluding carboxylic acids is 1. The van der Waals surface area contributed by atoms with Gasteiger partial charge >= 0.3 is 0 Å². The summed E-state index contributed by atoms with van der Waals surface area (Å²) in [7, 11) is 0. The molecule has 1 aromatic heterocycles. The molecular formula is C20H24N2O2. The molecule has 2 saturated carbocycles. The molecule has 4 nitrogen and oxygen atoms in total. The van der Waals surface area contributed by atoms with E-state index in [9.17, 15) is 4.79 Å². The molecule has 0 N–H and O–H groups in total. The summed E-state index contributed by atoms with van der Waals surface area (Å²) in [5.74, 6) is 1.58. The Morgan fingerprint density at radius 3 is 2.46 bits per heavy atom. The van der Waals surface area contributed by atoms with Gasteiger partial charge < -0.3 is 9.32 Å². The molecule has 126 valence electrons. The summed E-state index contributed by atoms with van der Waals surface area (Å²) in [5.41, 5.74) is 1.73. The van der Waals surface area contributed by atoms with Crippen molar-refractivity contribution < 1.29 is 9.21 Å². The molecule has 1 amide bonds. The predicted octanol–water partition coefficient (Wildman–Crippen LogP) is 4.13. The van der Waals surface area contributed by atoms with Crippen LogP contribution in [0.5, 0.6) is 0 Å². The summed E-state index contributed by atoms with van der Waals surface area (Å²) in [6.07, 6.45) is 7.51. The van der Waals surface area contributed by atoms with Crippen molar-refractivity contribution in [2.75, 3.05) is 0 Å². The zero-order valence-electron chi connectivity index (χ0n) is 14.2. The first-order valence-corrected chi connectivity index (χ1v) is 9.05. The van der Waals surface area contributed by atoms with E-state index in [1.54, 1.807) is 0 Å². The number of nitrogens with zero attached hydrogens (tertiary/aromatic N) is 2. The van der Waals surface area contributed by atoms with Crippen LogP contribution < -0.4 is 0 Å². The monoisotopic (exact) mass is 324 g/mol. The molecule has 4 heteroatoms. The van der Waals surface area contributed by atoms with Gasteiger partial charge in [-0.15, -0.1) is 0 Å². The summed E-state index contributed by atoms with van der Waals surface area (Å²) in [6, 6.07) is 10.8. The van der Waals surface area contributed by atoms with E-state index in [0.717, 1.165) is 42.7 Å². The van der Waals surface area contributed by atoms with E-state index in [1.165, 1.54) is 12.8 Å². The van der Waals surface area contributed by atoms with Crippen LogP contribution in [-0.4, -0.2) is 27.9 Å². The van der Waals surface area contributed by atoms with E-state index >= 15 is 0 Å². The van der Waals surface area contributed by atoms with Crippen molar-refractivity contribution in [1.82, 2.24) is 9.88 Å². The molecule has 2 aromatic rings. The molecule has 1 aromatic carbocycles. The van der Waals surface area contributed by atoms with Crippen LogP contribution in [0, 0.1) is 6.92 Å². The highest BCUT2D eigenvalue weighted by molar-refractivity contribution is 5.79. The molecule has 2 aliphatic rings. The normalized spacial score (nSPS) is 18.0. The van der Waals surface area contributed by atoms with Gasteiger partial charge in [0.2, 0.25) is 11.8 Å². The Labute approximate surface area is 142 Å². The summed E-state index contributed by atoms with van der Waals surface area (Å²) < 4.78 is 5.80. The molecule has 0 unspecified atom stereocenters. The van der Waals surface area contributed by atoms with Crippen LogP contribution in [0.4, 0.5) is 0 Å². The fraction of sp³-hybridized carbons (Fsp3) is 0.500. The van der Waals surface area contributed by atoms with Crippen molar-refractivity contribution in [3.05, 3.63) is 41.8 Å². The molecule has 4 rings (SSSR count). The number of carbonyl (C=O) groups is 1. The fourth-order valence-corrected chi connectivity index (χ4v) is 3.77. The van der Waals surface area contributed by atoms with E-state index in [2.05, 4.69) is 9.88 Å². The van der Waals surface area contributed by atoms with Crippen LogP contribution >= 0.6 is 0 Å². The van der Waals surface area contributed by atoms with Gasteiger partial charge in [-0.25, -0.2) is 4.98 Å². The molecule has 2 aliphatic carbocycles. The van der Waals surface area contributed by atoms with Crippen LogP contribution in [0.2, 0.25) is 0 Å². The number of hydrogen-bond acceptors (Lipinski definition) is 3. The van der Waals surface area contributed by atoms with Gasteiger partial charge in [0.15, 0.2) is 0 Å². The summed E-state index contributed by atoms with van der Waals surface area (Å²) in [6.45, 7) is 1.90. The highest BCUT2D eigenvalue weighted by Gasteiger charge is 2.38. The fourth-order valence-electron chi connectivity index (χ4n) is 3.77. The molecule has 0 radical (unpaired) electrons. The van der Waals surface area contributed by atoms with Crippen molar-refractivity contribution in [3.63, 3.8) is 0 Å². The second-order valence-electron chi connectivity index (χ2n) is 7.04. The van der Waals surface area contributed by atoms with Gasteiger partial charge in [-0.2, -0.15) is 0 Å². The lowest BCUT2D eigenvalue weighted by molar-refractivity contribution is -0.133. The molecule has 0 bridgehead atoms. The number of aromatic nitrogens is 1. The average molecular weight is 324 g/mol. The van der Waals surface area contributed by atoms with Crippen molar-refractivity contribution in [2.24, 2.45) is 0 Å². The highest BCUT2D eigenvalue weighted by atomic mass is 16.4. The Kier molecular flexibility index (Phi) is 4.13. The number of rotatable bonds is 5. The lowest BCUT2D eigenvalue weighted by Crippen LogP contribution is -2.41. The minimum Gasteiger partial charge on any atom is -0.441 e. The van der Waals surface area contributed by atoms with Crippen LogP contribution in [0.1, 0.15) is 50.0 Å². The van der Waals surface area contributed by atoms with E-state index in [1.807, 2.05) is 37.3 Å². The van der Waals surface area contributed by atoms with Crippen molar-refractivity contribution >= 4 is 5.91 Å². The minimum atomic E-state index is 0.223. The lowest BCUT2D eigenvalue weighted by Gasteiger charge is -2.29. The summed E-state index contributed by atoms with van der Waals surface area (Å²) >= 11 is 0. The maximum absolute atomic E-state index is 12.9. The molecule has 24 heavy (non-hydrogen) atoms. The SMILES string of the molecule is Cc1oc(-c2ccccc2)nc1CC(=O)N(C1CCCC1)C1CC1. The van der Waals surface area contributed by atoms with Crippen LogP contribution in [-0.2, 0) is 11.2 Å². The number of amides is 1. The van der Waals surface area contributed by atoms with Crippen molar-refractivity contribution in [2.45, 2.75) is 64.0 Å². The molecule has 2 fully saturated rings. The lowest BCUT2D eigenvalue weighted by atomic mass is 10.1. The quantitative estimate of drug-likeness (QED) is 0.831. The largest absolute Gasteiger partial charge is 0.441 e. The maximum atomic E-state index is 12.9. The third-order valence-corrected chi connectivity index (χ3v) is 5.18. The third kappa shape index (κ3) is 3.10. The third-order valence-electron chi connectivity index (χ3n) is 5.18. The zero-order chi connectivity index (χ0) is 16.5.